The molecule has 0 aromatic heterocycles. The standard InChI is InChI=1S/C9H15Br6O4P.C3H6Br2O/c10-1-7(13)4-17-20(16,18-5-8(14)2-11)19-6-9(15)3-12;4-1-3(5)2-6/h7-9H,1-6H2;3,6H,1-2H2. The van der Waals surface area contributed by atoms with Crippen LogP contribution in [0.4, 0.5) is 0 Å². The fraction of sp³-hybridized carbons (Fsp3) is 1.00. The summed E-state index contributed by atoms with van der Waals surface area (Å²) in [6, 6.07) is 0. The highest BCUT2D eigenvalue weighted by Crippen LogP contribution is 2.50. The second kappa shape index (κ2) is 20.8. The smallest absolute Gasteiger partial charge is 0.395 e. The van der Waals surface area contributed by atoms with Crippen LogP contribution in [-0.2, 0) is 18.1 Å². The lowest BCUT2D eigenvalue weighted by Gasteiger charge is -2.21. The Hall–Kier alpha value is 3.91. The van der Waals surface area contributed by atoms with Crippen molar-refractivity contribution < 1.29 is 23.2 Å². The maximum absolute atomic E-state index is 12.5. The largest absolute Gasteiger partial charge is 0.474 e. The molecule has 0 amide bonds. The molecule has 0 fully saturated rings. The van der Waals surface area contributed by atoms with Crippen LogP contribution < -0.4 is 0 Å². The number of hydrogen-bond acceptors (Lipinski definition) is 5. The first kappa shape index (κ1) is 32.1. The van der Waals surface area contributed by atoms with Crippen LogP contribution in [0.25, 0.3) is 0 Å². The minimum absolute atomic E-state index is 0.0370. The van der Waals surface area contributed by atoms with Crippen LogP contribution in [0, 0.1) is 0 Å². The maximum Gasteiger partial charge on any atom is 0.474 e. The van der Waals surface area contributed by atoms with E-state index >= 15 is 0 Å². The summed E-state index contributed by atoms with van der Waals surface area (Å²) in [5.41, 5.74) is 0. The molecular formula is C12H21Br8O5P. The molecular weight excluding hydrogens is 894 g/mol. The van der Waals surface area contributed by atoms with E-state index in [1.165, 1.54) is 0 Å². The lowest BCUT2D eigenvalue weighted by Crippen LogP contribution is -2.17. The van der Waals surface area contributed by atoms with Crippen LogP contribution in [0.15, 0.2) is 0 Å². The number of rotatable bonds is 14. The van der Waals surface area contributed by atoms with Gasteiger partial charge in [-0.15, -0.1) is 0 Å². The summed E-state index contributed by atoms with van der Waals surface area (Å²) in [4.78, 5) is 0.331. The van der Waals surface area contributed by atoms with Crippen molar-refractivity contribution in [2.24, 2.45) is 0 Å². The van der Waals surface area contributed by atoms with Gasteiger partial charge in [0.05, 0.1) is 26.4 Å². The highest BCUT2D eigenvalue weighted by atomic mass is 79.9. The minimum Gasteiger partial charge on any atom is -0.395 e. The Kier molecular flexibility index (Phi) is 25.7. The number of phosphoric acid groups is 1. The number of alkyl halides is 8. The minimum atomic E-state index is -3.57. The van der Waals surface area contributed by atoms with Gasteiger partial charge >= 0.3 is 7.82 Å². The zero-order valence-electron chi connectivity index (χ0n) is 13.5. The van der Waals surface area contributed by atoms with Crippen molar-refractivity contribution in [3.05, 3.63) is 0 Å². The Morgan fingerprint density at radius 1 is 0.654 bits per heavy atom. The molecule has 0 rings (SSSR count). The summed E-state index contributed by atoms with van der Waals surface area (Å²) >= 11 is 26.4. The molecule has 0 aromatic carbocycles. The molecule has 0 saturated carbocycles. The van der Waals surface area contributed by atoms with Gasteiger partial charge in [0.25, 0.3) is 0 Å². The van der Waals surface area contributed by atoms with Crippen molar-refractivity contribution in [1.82, 2.24) is 0 Å². The molecule has 0 aliphatic heterocycles. The number of aliphatic hydroxyl groups is 1. The molecule has 0 bridgehead atoms. The van der Waals surface area contributed by atoms with E-state index in [-0.39, 0.29) is 45.7 Å². The molecule has 0 aliphatic rings. The lowest BCUT2D eigenvalue weighted by atomic mass is 10.5. The second-order valence-corrected chi connectivity index (χ2v) is 14.0. The van der Waals surface area contributed by atoms with E-state index in [2.05, 4.69) is 127 Å². The summed E-state index contributed by atoms with van der Waals surface area (Å²) in [6.45, 7) is 0.881. The Morgan fingerprint density at radius 2 is 0.923 bits per heavy atom. The van der Waals surface area contributed by atoms with Gasteiger partial charge in [0.1, 0.15) is 0 Å². The summed E-state index contributed by atoms with van der Waals surface area (Å²) in [7, 11) is -3.57. The Balaban J connectivity index is 0. The van der Waals surface area contributed by atoms with Crippen LogP contribution in [0.5, 0.6) is 0 Å². The molecule has 14 heteroatoms. The molecule has 0 aromatic rings. The molecule has 0 saturated heterocycles. The third-order valence-electron chi connectivity index (χ3n) is 2.11. The Morgan fingerprint density at radius 3 is 1.08 bits per heavy atom. The summed E-state index contributed by atoms with van der Waals surface area (Å²) in [5, 5.41) is 11.1. The SMILES string of the molecule is O=P(OCC(Br)CBr)(OCC(Br)CBr)OCC(Br)CBr.OCC(Br)CBr. The Bertz CT molecular complexity index is 324. The van der Waals surface area contributed by atoms with Crippen molar-refractivity contribution in [2.45, 2.75) is 19.3 Å². The molecule has 0 radical (unpaired) electrons. The van der Waals surface area contributed by atoms with Crippen LogP contribution in [0.2, 0.25) is 0 Å². The van der Waals surface area contributed by atoms with Crippen molar-refractivity contribution >= 4 is 135 Å². The van der Waals surface area contributed by atoms with Gasteiger partial charge in [0.15, 0.2) is 0 Å². The molecule has 160 valence electrons. The number of hydrogen-bond donors (Lipinski definition) is 1. The van der Waals surface area contributed by atoms with E-state index in [0.29, 0.717) is 16.0 Å². The second-order valence-electron chi connectivity index (χ2n) is 4.52. The monoisotopic (exact) mass is 907 g/mol. The zero-order valence-corrected chi connectivity index (χ0v) is 27.1. The van der Waals surface area contributed by atoms with Crippen molar-refractivity contribution in [2.75, 3.05) is 47.7 Å². The fourth-order valence-electron chi connectivity index (χ4n) is 0.811. The lowest BCUT2D eigenvalue weighted by molar-refractivity contribution is 0.118. The van der Waals surface area contributed by atoms with Gasteiger partial charge < -0.3 is 5.11 Å². The normalized spacial score (nSPS) is 18.2. The molecule has 26 heavy (non-hydrogen) atoms. The average Bonchev–Trinajstić information content (AvgIpc) is 2.68. The first-order valence-electron chi connectivity index (χ1n) is 7.12. The summed E-state index contributed by atoms with van der Waals surface area (Å²) < 4.78 is 28.5. The van der Waals surface area contributed by atoms with Crippen LogP contribution >= 0.6 is 135 Å². The number of phosphoric ester groups is 1. The Labute approximate surface area is 222 Å². The van der Waals surface area contributed by atoms with Gasteiger partial charge in [-0.3, -0.25) is 13.6 Å². The third-order valence-corrected chi connectivity index (χ3v) is 12.5. The maximum atomic E-state index is 12.5. The first-order chi connectivity index (χ1) is 12.2. The zero-order chi connectivity index (χ0) is 20.6. The topological polar surface area (TPSA) is 65.0 Å². The molecule has 5 nitrogen and oxygen atoms in total. The molecule has 4 atom stereocenters. The van der Waals surface area contributed by atoms with Gasteiger partial charge in [-0.05, 0) is 0 Å². The number of halogens is 8. The predicted molar refractivity (Wildman–Crippen MR) is 139 cm³/mol. The molecule has 0 spiro atoms. The fourth-order valence-corrected chi connectivity index (χ4v) is 3.90. The number of aliphatic hydroxyl groups excluding tert-OH is 1. The quantitative estimate of drug-likeness (QED) is 0.154. The highest BCUT2D eigenvalue weighted by Gasteiger charge is 2.29. The van der Waals surface area contributed by atoms with E-state index in [0.717, 1.165) is 5.33 Å². The van der Waals surface area contributed by atoms with E-state index < -0.39 is 7.82 Å². The van der Waals surface area contributed by atoms with Gasteiger partial charge in [-0.1, -0.05) is 127 Å². The first-order valence-corrected chi connectivity index (χ1v) is 16.7. The van der Waals surface area contributed by atoms with Gasteiger partial charge in [0.2, 0.25) is 0 Å². The predicted octanol–water partition coefficient (Wildman–Crippen LogP) is 6.76. The van der Waals surface area contributed by atoms with Crippen LogP contribution in [0.3, 0.4) is 0 Å². The van der Waals surface area contributed by atoms with Gasteiger partial charge in [0, 0.05) is 40.6 Å². The van der Waals surface area contributed by atoms with E-state index in [1.54, 1.807) is 0 Å². The van der Waals surface area contributed by atoms with Crippen molar-refractivity contribution in [1.29, 1.82) is 0 Å². The summed E-state index contributed by atoms with van der Waals surface area (Å²) in [6.07, 6.45) is 0. The molecule has 1 N–H and O–H groups in total. The summed E-state index contributed by atoms with van der Waals surface area (Å²) in [5.74, 6) is 0. The highest BCUT2D eigenvalue weighted by molar-refractivity contribution is 9.13. The van der Waals surface area contributed by atoms with Crippen molar-refractivity contribution in [3.63, 3.8) is 0 Å². The van der Waals surface area contributed by atoms with Gasteiger partial charge in [-0.2, -0.15) is 0 Å². The van der Waals surface area contributed by atoms with Crippen molar-refractivity contribution in [3.8, 4) is 0 Å². The molecule has 0 heterocycles. The van der Waals surface area contributed by atoms with Gasteiger partial charge in [-0.25, -0.2) is 4.57 Å². The van der Waals surface area contributed by atoms with E-state index in [4.69, 9.17) is 18.7 Å². The molecule has 0 aliphatic carbocycles. The third kappa shape index (κ3) is 19.8. The van der Waals surface area contributed by atoms with E-state index in [1.807, 2.05) is 0 Å². The molecule has 4 unspecified atom stereocenters. The average molecular weight is 916 g/mol. The van der Waals surface area contributed by atoms with Crippen LogP contribution in [-0.4, -0.2) is 72.2 Å². The van der Waals surface area contributed by atoms with E-state index in [9.17, 15) is 4.57 Å². The van der Waals surface area contributed by atoms with Crippen LogP contribution in [0.1, 0.15) is 0 Å².